The number of halogens is 1. The van der Waals surface area contributed by atoms with Gasteiger partial charge < -0.3 is 10.2 Å². The summed E-state index contributed by atoms with van der Waals surface area (Å²) in [4.78, 5) is 20.2. The van der Waals surface area contributed by atoms with Crippen LogP contribution in [-0.2, 0) is 11.2 Å². The lowest BCUT2D eigenvalue weighted by atomic mass is 10.2. The van der Waals surface area contributed by atoms with Gasteiger partial charge in [-0.2, -0.15) is 0 Å². The minimum Gasteiger partial charge on any atom is -0.372 e. The summed E-state index contributed by atoms with van der Waals surface area (Å²) in [6.45, 7) is 6.14. The summed E-state index contributed by atoms with van der Waals surface area (Å²) in [6, 6.07) is 14.2. The van der Waals surface area contributed by atoms with E-state index in [1.807, 2.05) is 40.2 Å². The van der Waals surface area contributed by atoms with Gasteiger partial charge in [-0.15, -0.1) is 11.3 Å². The number of anilines is 2. The number of thiazole rings is 1. The van der Waals surface area contributed by atoms with Gasteiger partial charge in [0.05, 0.1) is 12.1 Å². The molecule has 1 amide bonds. The number of fused-ring (bicyclic) bond motifs is 1. The first-order chi connectivity index (χ1) is 14.6. The van der Waals surface area contributed by atoms with E-state index in [0.29, 0.717) is 0 Å². The summed E-state index contributed by atoms with van der Waals surface area (Å²) in [5.41, 5.74) is 4.39. The topological polar surface area (TPSA) is 49.6 Å². The van der Waals surface area contributed by atoms with E-state index in [1.165, 1.54) is 23.5 Å². The normalized spacial score (nSPS) is 11.0. The van der Waals surface area contributed by atoms with E-state index in [2.05, 4.69) is 29.0 Å². The van der Waals surface area contributed by atoms with Crippen LogP contribution in [0, 0.1) is 5.82 Å². The highest BCUT2D eigenvalue weighted by Gasteiger charge is 2.13. The molecule has 5 nitrogen and oxygen atoms in total. The number of aromatic nitrogens is 2. The largest absolute Gasteiger partial charge is 0.372 e. The third-order valence-corrected chi connectivity index (χ3v) is 5.93. The molecule has 0 radical (unpaired) electrons. The molecule has 2 aromatic heterocycles. The maximum Gasteiger partial charge on any atom is 0.230 e. The highest BCUT2D eigenvalue weighted by atomic mass is 32.1. The fraction of sp³-hybridized carbons (Fsp3) is 0.217. The molecule has 2 heterocycles. The zero-order valence-electron chi connectivity index (χ0n) is 16.9. The number of hydrogen-bond acceptors (Lipinski definition) is 4. The molecule has 0 atom stereocenters. The van der Waals surface area contributed by atoms with Crippen LogP contribution in [0.15, 0.2) is 60.1 Å². The van der Waals surface area contributed by atoms with Crippen LogP contribution in [0.1, 0.15) is 19.5 Å². The zero-order chi connectivity index (χ0) is 21.1. The summed E-state index contributed by atoms with van der Waals surface area (Å²) in [5, 5.41) is 4.91. The van der Waals surface area contributed by atoms with Crippen LogP contribution in [0.4, 0.5) is 15.8 Å². The zero-order valence-corrected chi connectivity index (χ0v) is 17.7. The first kappa shape index (κ1) is 20.1. The Morgan fingerprint density at radius 2 is 1.80 bits per heavy atom. The van der Waals surface area contributed by atoms with Crippen molar-refractivity contribution in [3.8, 4) is 11.3 Å². The Labute approximate surface area is 178 Å². The van der Waals surface area contributed by atoms with Crippen LogP contribution >= 0.6 is 11.3 Å². The van der Waals surface area contributed by atoms with Crippen molar-refractivity contribution in [1.29, 1.82) is 0 Å². The van der Waals surface area contributed by atoms with Gasteiger partial charge in [-0.1, -0.05) is 0 Å². The molecule has 0 bridgehead atoms. The molecule has 30 heavy (non-hydrogen) atoms. The van der Waals surface area contributed by atoms with Gasteiger partial charge in [0.15, 0.2) is 4.96 Å². The highest BCUT2D eigenvalue weighted by Crippen LogP contribution is 2.24. The molecule has 4 rings (SSSR count). The van der Waals surface area contributed by atoms with Gasteiger partial charge in [-0.05, 0) is 62.4 Å². The van der Waals surface area contributed by atoms with Crippen LogP contribution < -0.4 is 10.2 Å². The van der Waals surface area contributed by atoms with Crippen LogP contribution in [0.2, 0.25) is 0 Å². The summed E-state index contributed by atoms with van der Waals surface area (Å²) in [5.74, 6) is -0.357. The van der Waals surface area contributed by atoms with E-state index in [0.717, 1.165) is 46.4 Å². The number of benzene rings is 2. The quantitative estimate of drug-likeness (QED) is 0.444. The molecule has 4 aromatic rings. The number of rotatable bonds is 7. The van der Waals surface area contributed by atoms with Gasteiger partial charge >= 0.3 is 0 Å². The van der Waals surface area contributed by atoms with Crippen molar-refractivity contribution in [3.63, 3.8) is 0 Å². The van der Waals surface area contributed by atoms with Crippen molar-refractivity contribution >= 4 is 33.6 Å². The second kappa shape index (κ2) is 8.67. The Hall–Kier alpha value is -3.19. The number of amides is 1. The maximum atomic E-state index is 13.2. The molecule has 0 unspecified atom stereocenters. The number of carbonyl (C=O) groups excluding carboxylic acids is 1. The predicted octanol–water partition coefficient (Wildman–Crippen LogP) is 5.23. The third kappa shape index (κ3) is 4.21. The average Bonchev–Trinajstić information content (AvgIpc) is 3.33. The molecule has 154 valence electrons. The van der Waals surface area contributed by atoms with Gasteiger partial charge in [-0.25, -0.2) is 9.37 Å². The predicted molar refractivity (Wildman–Crippen MR) is 121 cm³/mol. The average molecular weight is 423 g/mol. The number of carbonyl (C=O) groups is 1. The number of nitrogens with zero attached hydrogens (tertiary/aromatic N) is 3. The summed E-state index contributed by atoms with van der Waals surface area (Å²) in [6.07, 6.45) is 2.14. The smallest absolute Gasteiger partial charge is 0.230 e. The Kier molecular flexibility index (Phi) is 5.81. The maximum absolute atomic E-state index is 13.2. The molecule has 0 aliphatic carbocycles. The van der Waals surface area contributed by atoms with Crippen molar-refractivity contribution in [2.75, 3.05) is 23.3 Å². The van der Waals surface area contributed by atoms with Gasteiger partial charge in [0.25, 0.3) is 0 Å². The lowest BCUT2D eigenvalue weighted by Gasteiger charge is -2.21. The summed E-state index contributed by atoms with van der Waals surface area (Å²) < 4.78 is 15.1. The Bertz CT molecular complexity index is 1140. The van der Waals surface area contributed by atoms with Crippen LogP contribution in [0.5, 0.6) is 0 Å². The second-order valence-electron chi connectivity index (χ2n) is 6.96. The molecule has 1 N–H and O–H groups in total. The van der Waals surface area contributed by atoms with Crippen molar-refractivity contribution in [1.82, 2.24) is 9.38 Å². The number of nitrogens with one attached hydrogen (secondary N) is 1. The molecular weight excluding hydrogens is 399 g/mol. The molecule has 0 aliphatic heterocycles. The molecule has 7 heteroatoms. The molecule has 0 aliphatic rings. The minimum absolute atomic E-state index is 0.0812. The van der Waals surface area contributed by atoms with Gasteiger partial charge in [-0.3, -0.25) is 9.20 Å². The first-order valence-electron chi connectivity index (χ1n) is 9.93. The Balaban J connectivity index is 1.46. The monoisotopic (exact) mass is 422 g/mol. The highest BCUT2D eigenvalue weighted by molar-refractivity contribution is 7.15. The van der Waals surface area contributed by atoms with Crippen molar-refractivity contribution < 1.29 is 9.18 Å². The Morgan fingerprint density at radius 3 is 2.47 bits per heavy atom. The van der Waals surface area contributed by atoms with E-state index in [4.69, 9.17) is 0 Å². The molecule has 2 aromatic carbocycles. The van der Waals surface area contributed by atoms with Gasteiger partial charge in [0, 0.05) is 47.3 Å². The van der Waals surface area contributed by atoms with E-state index in [1.54, 1.807) is 12.1 Å². The molecule has 0 spiro atoms. The van der Waals surface area contributed by atoms with E-state index >= 15 is 0 Å². The van der Waals surface area contributed by atoms with Crippen LogP contribution in [0.25, 0.3) is 16.2 Å². The second-order valence-corrected chi connectivity index (χ2v) is 7.79. The van der Waals surface area contributed by atoms with Crippen LogP contribution in [0.3, 0.4) is 0 Å². The third-order valence-electron chi connectivity index (χ3n) is 5.04. The fourth-order valence-corrected chi connectivity index (χ4v) is 4.30. The lowest BCUT2D eigenvalue weighted by Crippen LogP contribution is -2.21. The SMILES string of the molecule is CCN(CC)c1ccc(NC(=O)Cc2csc3nc(-c4ccc(F)cc4)cn23)cc1. The fourth-order valence-electron chi connectivity index (χ4n) is 3.43. The first-order valence-corrected chi connectivity index (χ1v) is 10.8. The summed E-state index contributed by atoms with van der Waals surface area (Å²) >= 11 is 1.48. The van der Waals surface area contributed by atoms with Crippen molar-refractivity contribution in [3.05, 3.63) is 71.6 Å². The number of imidazole rings is 1. The van der Waals surface area contributed by atoms with E-state index < -0.39 is 0 Å². The standard InChI is InChI=1S/C23H23FN4OS/c1-3-27(4-2)19-11-9-18(10-12-19)25-22(29)13-20-15-30-23-26-21(14-28(20)23)16-5-7-17(24)8-6-16/h5-12,14-15H,3-4,13H2,1-2H3,(H,25,29). The molecule has 0 saturated carbocycles. The van der Waals surface area contributed by atoms with Crippen LogP contribution in [-0.4, -0.2) is 28.4 Å². The van der Waals surface area contributed by atoms with Crippen molar-refractivity contribution in [2.45, 2.75) is 20.3 Å². The number of hydrogen-bond donors (Lipinski definition) is 1. The molecule has 0 fully saturated rings. The summed E-state index contributed by atoms with van der Waals surface area (Å²) in [7, 11) is 0. The lowest BCUT2D eigenvalue weighted by molar-refractivity contribution is -0.115. The molecule has 0 saturated heterocycles. The van der Waals surface area contributed by atoms with Gasteiger partial charge in [0.1, 0.15) is 5.82 Å². The molecular formula is C23H23FN4OS. The van der Waals surface area contributed by atoms with E-state index in [9.17, 15) is 9.18 Å². The van der Waals surface area contributed by atoms with Crippen molar-refractivity contribution in [2.24, 2.45) is 0 Å². The Morgan fingerprint density at radius 1 is 1.10 bits per heavy atom. The minimum atomic E-state index is -0.276. The van der Waals surface area contributed by atoms with Gasteiger partial charge in [0.2, 0.25) is 5.91 Å². The van der Waals surface area contributed by atoms with E-state index in [-0.39, 0.29) is 18.1 Å².